The minimum atomic E-state index is -3.49. The molecule has 1 aromatic rings. The van der Waals surface area contributed by atoms with Gasteiger partial charge in [0.05, 0.1) is 4.90 Å². The average molecular weight is 384 g/mol. The Morgan fingerprint density at radius 2 is 1.60 bits per heavy atom. The van der Waals surface area contributed by atoms with Crippen LogP contribution < -0.4 is 5.32 Å². The Morgan fingerprint density at radius 3 is 2.08 bits per heavy atom. The first-order chi connectivity index (χ1) is 11.7. The number of aryl methyl sites for hydroxylation is 2. The molecule has 1 N–H and O–H groups in total. The fourth-order valence-electron chi connectivity index (χ4n) is 3.17. The molecule has 1 aliphatic rings. The quantitative estimate of drug-likeness (QED) is 0.810. The molecular weight excluding hydrogens is 354 g/mol. The molecule has 5 nitrogen and oxygen atoms in total. The molecule has 0 atom stereocenters. The number of nitrogens with one attached hydrogen (secondary N) is 1. The highest BCUT2D eigenvalue weighted by Gasteiger charge is 2.32. The summed E-state index contributed by atoms with van der Waals surface area (Å²) < 4.78 is 28.1. The molecule has 0 spiro atoms. The maximum absolute atomic E-state index is 13.2. The minimum Gasteiger partial charge on any atom is -0.363 e. The van der Waals surface area contributed by atoms with E-state index in [0.717, 1.165) is 40.3 Å². The van der Waals surface area contributed by atoms with Crippen molar-refractivity contribution in [3.8, 4) is 0 Å². The van der Waals surface area contributed by atoms with Gasteiger partial charge in [0.25, 0.3) is 0 Å². The van der Waals surface area contributed by atoms with Gasteiger partial charge < -0.3 is 10.2 Å². The number of nitrogens with zero attached hydrogens (tertiary/aromatic N) is 2. The fraction of sp³-hybridized carbons (Fsp3) is 0.611. The van der Waals surface area contributed by atoms with Gasteiger partial charge in [-0.25, -0.2) is 8.42 Å². The van der Waals surface area contributed by atoms with E-state index in [4.69, 9.17) is 12.2 Å². The molecule has 0 unspecified atom stereocenters. The zero-order valence-corrected chi connectivity index (χ0v) is 17.5. The van der Waals surface area contributed by atoms with Crippen molar-refractivity contribution >= 4 is 27.4 Å². The van der Waals surface area contributed by atoms with Gasteiger partial charge in [-0.3, -0.25) is 0 Å². The molecule has 0 radical (unpaired) electrons. The number of thiocarbonyl (C=S) groups is 1. The highest BCUT2D eigenvalue weighted by Crippen LogP contribution is 2.29. The van der Waals surface area contributed by atoms with Crippen molar-refractivity contribution in [2.75, 3.05) is 32.7 Å². The second-order valence-corrected chi connectivity index (χ2v) is 8.97. The Labute approximate surface area is 157 Å². The summed E-state index contributed by atoms with van der Waals surface area (Å²) >= 11 is 5.39. The van der Waals surface area contributed by atoms with Gasteiger partial charge in [-0.2, -0.15) is 4.31 Å². The van der Waals surface area contributed by atoms with Gasteiger partial charge in [0, 0.05) is 32.7 Å². The van der Waals surface area contributed by atoms with Crippen LogP contribution in [0.1, 0.15) is 35.6 Å². The Hall–Kier alpha value is -1.18. The summed E-state index contributed by atoms with van der Waals surface area (Å²) in [5.74, 6) is 0. The first-order valence-corrected chi connectivity index (χ1v) is 10.6. The van der Waals surface area contributed by atoms with E-state index in [9.17, 15) is 8.42 Å². The molecule has 0 saturated carbocycles. The number of hydrogen-bond donors (Lipinski definition) is 1. The molecular formula is C18H29N3O2S2. The van der Waals surface area contributed by atoms with Crippen LogP contribution in [-0.2, 0) is 10.0 Å². The van der Waals surface area contributed by atoms with Gasteiger partial charge in [0.2, 0.25) is 10.0 Å². The molecule has 1 aromatic carbocycles. The molecule has 0 aromatic heterocycles. The lowest BCUT2D eigenvalue weighted by atomic mass is 10.0. The highest BCUT2D eigenvalue weighted by atomic mass is 32.2. The number of hydrogen-bond acceptors (Lipinski definition) is 3. The highest BCUT2D eigenvalue weighted by molar-refractivity contribution is 7.89. The number of piperazine rings is 1. The van der Waals surface area contributed by atoms with Crippen LogP contribution in [0.15, 0.2) is 11.0 Å². The molecule has 7 heteroatoms. The van der Waals surface area contributed by atoms with Crippen LogP contribution in [0.25, 0.3) is 0 Å². The van der Waals surface area contributed by atoms with Crippen molar-refractivity contribution in [3.63, 3.8) is 0 Å². The van der Waals surface area contributed by atoms with Gasteiger partial charge in [-0.1, -0.05) is 13.0 Å². The minimum absolute atomic E-state index is 0.460. The first kappa shape index (κ1) is 20.1. The second kappa shape index (κ2) is 8.01. The molecule has 0 aliphatic carbocycles. The Balaban J connectivity index is 2.20. The molecule has 0 bridgehead atoms. The molecule has 25 heavy (non-hydrogen) atoms. The van der Waals surface area contributed by atoms with Crippen molar-refractivity contribution in [1.29, 1.82) is 0 Å². The van der Waals surface area contributed by atoms with E-state index in [1.165, 1.54) is 0 Å². The van der Waals surface area contributed by atoms with Crippen LogP contribution >= 0.6 is 12.2 Å². The largest absolute Gasteiger partial charge is 0.363 e. The molecule has 140 valence electrons. The molecule has 1 aliphatic heterocycles. The van der Waals surface area contributed by atoms with E-state index < -0.39 is 10.0 Å². The summed E-state index contributed by atoms with van der Waals surface area (Å²) in [6.45, 7) is 12.8. The lowest BCUT2D eigenvalue weighted by Gasteiger charge is -2.36. The topological polar surface area (TPSA) is 52.6 Å². The summed E-state index contributed by atoms with van der Waals surface area (Å²) in [5, 5.41) is 3.93. The molecule has 1 saturated heterocycles. The van der Waals surface area contributed by atoms with Crippen molar-refractivity contribution in [2.45, 2.75) is 45.9 Å². The third-order valence-corrected chi connectivity index (χ3v) is 7.52. The average Bonchev–Trinajstić information content (AvgIpc) is 2.58. The predicted octanol–water partition coefficient (Wildman–Crippen LogP) is 2.51. The normalized spacial score (nSPS) is 16.1. The summed E-state index contributed by atoms with van der Waals surface area (Å²) in [6, 6.07) is 2.06. The van der Waals surface area contributed by atoms with E-state index in [2.05, 4.69) is 23.2 Å². The molecule has 1 heterocycles. The van der Waals surface area contributed by atoms with Gasteiger partial charge in [-0.15, -0.1) is 0 Å². The van der Waals surface area contributed by atoms with Crippen LogP contribution in [0.4, 0.5) is 0 Å². The number of benzene rings is 1. The Kier molecular flexibility index (Phi) is 6.45. The number of rotatable bonds is 4. The van der Waals surface area contributed by atoms with Crippen LogP contribution in [0, 0.1) is 27.7 Å². The maximum Gasteiger partial charge on any atom is 0.243 e. The van der Waals surface area contributed by atoms with Crippen molar-refractivity contribution in [3.05, 3.63) is 28.3 Å². The maximum atomic E-state index is 13.2. The first-order valence-electron chi connectivity index (χ1n) is 8.80. The Morgan fingerprint density at radius 1 is 1.08 bits per heavy atom. The van der Waals surface area contributed by atoms with E-state index in [-0.39, 0.29) is 0 Å². The monoisotopic (exact) mass is 383 g/mol. The predicted molar refractivity (Wildman–Crippen MR) is 107 cm³/mol. The van der Waals surface area contributed by atoms with Crippen LogP contribution in [0.5, 0.6) is 0 Å². The Bertz CT molecular complexity index is 726. The lowest BCUT2D eigenvalue weighted by Crippen LogP contribution is -2.53. The standard InChI is InChI=1S/C18H29N3O2S2/c1-6-7-19-18(24)20-8-10-21(11-9-20)25(22,23)17-15(4)13(2)12-14(3)16(17)5/h12H,6-11H2,1-5H3,(H,19,24). The van der Waals surface area contributed by atoms with E-state index in [1.54, 1.807) is 4.31 Å². The zero-order valence-electron chi connectivity index (χ0n) is 15.8. The van der Waals surface area contributed by atoms with Gasteiger partial charge >= 0.3 is 0 Å². The third kappa shape index (κ3) is 4.15. The smallest absolute Gasteiger partial charge is 0.243 e. The van der Waals surface area contributed by atoms with Crippen LogP contribution in [-0.4, -0.2) is 55.5 Å². The SMILES string of the molecule is CCCNC(=S)N1CCN(S(=O)(=O)c2c(C)c(C)cc(C)c2C)CC1. The van der Waals surface area contributed by atoms with Crippen molar-refractivity contribution in [2.24, 2.45) is 0 Å². The van der Waals surface area contributed by atoms with Gasteiger partial charge in [-0.05, 0) is 68.6 Å². The van der Waals surface area contributed by atoms with Crippen molar-refractivity contribution in [1.82, 2.24) is 14.5 Å². The summed E-state index contributed by atoms with van der Waals surface area (Å²) in [6.07, 6.45) is 1.01. The molecule has 2 rings (SSSR count). The molecule has 1 fully saturated rings. The summed E-state index contributed by atoms with van der Waals surface area (Å²) in [7, 11) is -3.49. The summed E-state index contributed by atoms with van der Waals surface area (Å²) in [5.41, 5.74) is 3.74. The van der Waals surface area contributed by atoms with Gasteiger partial charge in [0.15, 0.2) is 5.11 Å². The van der Waals surface area contributed by atoms with Crippen molar-refractivity contribution < 1.29 is 8.42 Å². The summed E-state index contributed by atoms with van der Waals surface area (Å²) in [4.78, 5) is 2.53. The lowest BCUT2D eigenvalue weighted by molar-refractivity contribution is 0.264. The fourth-order valence-corrected chi connectivity index (χ4v) is 5.45. The second-order valence-electron chi connectivity index (χ2n) is 6.71. The third-order valence-electron chi connectivity index (χ3n) is 4.95. The molecule has 0 amide bonds. The van der Waals surface area contributed by atoms with E-state index in [1.807, 2.05) is 27.7 Å². The van der Waals surface area contributed by atoms with Crippen LogP contribution in [0.2, 0.25) is 0 Å². The number of sulfonamides is 1. The zero-order chi connectivity index (χ0) is 18.8. The van der Waals surface area contributed by atoms with Gasteiger partial charge in [0.1, 0.15) is 0 Å². The van der Waals surface area contributed by atoms with E-state index in [0.29, 0.717) is 31.1 Å². The van der Waals surface area contributed by atoms with Crippen LogP contribution in [0.3, 0.4) is 0 Å². The van der Waals surface area contributed by atoms with E-state index >= 15 is 0 Å².